The van der Waals surface area contributed by atoms with E-state index in [0.29, 0.717) is 0 Å². The van der Waals surface area contributed by atoms with Gasteiger partial charge in [-0.15, -0.1) is 5.10 Å². The second-order valence-corrected chi connectivity index (χ2v) is 5.09. The first-order valence-electron chi connectivity index (χ1n) is 4.88. The van der Waals surface area contributed by atoms with Crippen LogP contribution in [0.15, 0.2) is 28.4 Å². The maximum atomic E-state index is 6.15. The van der Waals surface area contributed by atoms with E-state index >= 15 is 0 Å². The third-order valence-corrected chi connectivity index (χ3v) is 3.50. The Balaban J connectivity index is 2.75. The second-order valence-electron chi connectivity index (χ2n) is 3.68. The molecule has 0 fully saturated rings. The number of thiazole rings is 1. The number of aryl methyl sites for hydroxylation is 1. The normalized spacial score (nSPS) is 12.1. The zero-order chi connectivity index (χ0) is 11.7. The van der Waals surface area contributed by atoms with Gasteiger partial charge in [-0.05, 0) is 26.0 Å². The van der Waals surface area contributed by atoms with Crippen molar-refractivity contribution in [2.75, 3.05) is 0 Å². The quantitative estimate of drug-likeness (QED) is 0.552. The van der Waals surface area contributed by atoms with E-state index in [1.807, 2.05) is 43.7 Å². The molecule has 2 aromatic rings. The summed E-state index contributed by atoms with van der Waals surface area (Å²) < 4.78 is 3.09. The standard InChI is InChI=1S/C11H12ClN3S/c1-7(2)13-14-11-15(3)10-8(12)5-4-6-9(10)16-11/h4-6H,1-3H3/b14-11+. The first-order valence-corrected chi connectivity index (χ1v) is 6.08. The van der Waals surface area contributed by atoms with E-state index < -0.39 is 0 Å². The molecule has 0 saturated carbocycles. The predicted molar refractivity (Wildman–Crippen MR) is 70.2 cm³/mol. The first-order chi connectivity index (χ1) is 7.59. The van der Waals surface area contributed by atoms with Crippen LogP contribution < -0.4 is 4.80 Å². The minimum absolute atomic E-state index is 0.745. The third kappa shape index (κ3) is 2.03. The summed E-state index contributed by atoms with van der Waals surface area (Å²) in [4.78, 5) is 0.851. The molecule has 0 spiro atoms. The highest BCUT2D eigenvalue weighted by molar-refractivity contribution is 7.16. The van der Waals surface area contributed by atoms with E-state index in [9.17, 15) is 0 Å². The van der Waals surface area contributed by atoms with E-state index in [0.717, 1.165) is 25.8 Å². The van der Waals surface area contributed by atoms with Gasteiger partial charge in [0.1, 0.15) is 0 Å². The summed E-state index contributed by atoms with van der Waals surface area (Å²) in [5.74, 6) is 0. The van der Waals surface area contributed by atoms with Crippen LogP contribution in [0.5, 0.6) is 0 Å². The van der Waals surface area contributed by atoms with Crippen molar-refractivity contribution in [1.82, 2.24) is 4.57 Å². The van der Waals surface area contributed by atoms with E-state index in [1.54, 1.807) is 11.3 Å². The minimum Gasteiger partial charge on any atom is -0.317 e. The maximum absolute atomic E-state index is 6.15. The number of hydrogen-bond donors (Lipinski definition) is 0. The van der Waals surface area contributed by atoms with Crippen LogP contribution in [0.25, 0.3) is 10.2 Å². The van der Waals surface area contributed by atoms with Gasteiger partial charge in [-0.2, -0.15) is 5.10 Å². The number of hydrogen-bond acceptors (Lipinski definition) is 3. The van der Waals surface area contributed by atoms with Crippen molar-refractivity contribution in [2.24, 2.45) is 17.3 Å². The van der Waals surface area contributed by atoms with Crippen molar-refractivity contribution in [3.8, 4) is 0 Å². The van der Waals surface area contributed by atoms with Gasteiger partial charge in [-0.1, -0.05) is 29.0 Å². The topological polar surface area (TPSA) is 29.6 Å². The summed E-state index contributed by atoms with van der Waals surface area (Å²) in [6, 6.07) is 5.86. The Hall–Kier alpha value is -1.13. The van der Waals surface area contributed by atoms with Crippen LogP contribution in [0.1, 0.15) is 13.8 Å². The Bertz CT molecular complexity index is 618. The molecular formula is C11H12ClN3S. The fraction of sp³-hybridized carbons (Fsp3) is 0.273. The second kappa shape index (κ2) is 4.39. The molecule has 3 nitrogen and oxygen atoms in total. The molecule has 0 atom stereocenters. The Labute approximate surface area is 103 Å². The zero-order valence-electron chi connectivity index (χ0n) is 9.36. The van der Waals surface area contributed by atoms with Gasteiger partial charge in [0, 0.05) is 12.8 Å². The van der Waals surface area contributed by atoms with Crippen molar-refractivity contribution in [2.45, 2.75) is 13.8 Å². The molecule has 84 valence electrons. The van der Waals surface area contributed by atoms with E-state index in [2.05, 4.69) is 10.2 Å². The van der Waals surface area contributed by atoms with Gasteiger partial charge in [0.05, 0.1) is 15.2 Å². The molecule has 2 rings (SSSR count). The summed E-state index contributed by atoms with van der Waals surface area (Å²) >= 11 is 7.73. The lowest BCUT2D eigenvalue weighted by Crippen LogP contribution is -2.09. The molecule has 0 aliphatic heterocycles. The van der Waals surface area contributed by atoms with Gasteiger partial charge in [0.15, 0.2) is 0 Å². The molecule has 0 radical (unpaired) electrons. The lowest BCUT2D eigenvalue weighted by atomic mass is 10.3. The SMILES string of the molecule is CC(C)=N/N=c1/sc2cccc(Cl)c2n1C. The molecule has 0 amide bonds. The van der Waals surface area contributed by atoms with Crippen molar-refractivity contribution in [3.63, 3.8) is 0 Å². The Kier molecular flexibility index (Phi) is 3.12. The van der Waals surface area contributed by atoms with Crippen molar-refractivity contribution in [3.05, 3.63) is 28.0 Å². The lowest BCUT2D eigenvalue weighted by Gasteiger charge is -1.96. The van der Waals surface area contributed by atoms with E-state index in [1.165, 1.54) is 0 Å². The number of halogens is 1. The van der Waals surface area contributed by atoms with Crippen molar-refractivity contribution < 1.29 is 0 Å². The van der Waals surface area contributed by atoms with Gasteiger partial charge in [-0.3, -0.25) is 0 Å². The molecule has 1 aromatic carbocycles. The fourth-order valence-corrected chi connectivity index (χ4v) is 2.75. The van der Waals surface area contributed by atoms with Crippen LogP contribution in [0.3, 0.4) is 0 Å². The fourth-order valence-electron chi connectivity index (χ4n) is 1.40. The van der Waals surface area contributed by atoms with Crippen LogP contribution in [-0.2, 0) is 7.05 Å². The van der Waals surface area contributed by atoms with Gasteiger partial charge in [-0.25, -0.2) is 0 Å². The summed E-state index contributed by atoms with van der Waals surface area (Å²) in [5.41, 5.74) is 1.94. The number of nitrogens with zero attached hydrogens (tertiary/aromatic N) is 3. The predicted octanol–water partition coefficient (Wildman–Crippen LogP) is 3.19. The number of benzene rings is 1. The Morgan fingerprint density at radius 1 is 1.38 bits per heavy atom. The van der Waals surface area contributed by atoms with Crippen LogP contribution in [0.2, 0.25) is 5.02 Å². The Morgan fingerprint density at radius 2 is 2.12 bits per heavy atom. The smallest absolute Gasteiger partial charge is 0.211 e. The monoisotopic (exact) mass is 253 g/mol. The average Bonchev–Trinajstić information content (AvgIpc) is 2.54. The minimum atomic E-state index is 0.745. The van der Waals surface area contributed by atoms with E-state index in [4.69, 9.17) is 11.6 Å². The third-order valence-electron chi connectivity index (χ3n) is 2.11. The largest absolute Gasteiger partial charge is 0.317 e. The summed E-state index contributed by atoms with van der Waals surface area (Å²) in [6.07, 6.45) is 0. The molecule has 0 unspecified atom stereocenters. The number of aromatic nitrogens is 1. The average molecular weight is 254 g/mol. The van der Waals surface area contributed by atoms with Gasteiger partial charge < -0.3 is 4.57 Å². The molecule has 16 heavy (non-hydrogen) atoms. The summed E-state index contributed by atoms with van der Waals surface area (Å²) in [7, 11) is 1.95. The highest BCUT2D eigenvalue weighted by Gasteiger charge is 2.05. The Morgan fingerprint density at radius 3 is 2.75 bits per heavy atom. The highest BCUT2D eigenvalue weighted by Crippen LogP contribution is 2.24. The molecule has 0 saturated heterocycles. The van der Waals surface area contributed by atoms with Gasteiger partial charge in [0.25, 0.3) is 0 Å². The maximum Gasteiger partial charge on any atom is 0.211 e. The van der Waals surface area contributed by atoms with Crippen molar-refractivity contribution in [1.29, 1.82) is 0 Å². The molecule has 1 aromatic heterocycles. The van der Waals surface area contributed by atoms with Crippen molar-refractivity contribution >= 4 is 38.9 Å². The molecule has 0 N–H and O–H groups in total. The molecule has 0 aliphatic carbocycles. The molecule has 0 bridgehead atoms. The van der Waals surface area contributed by atoms with Gasteiger partial charge in [0.2, 0.25) is 4.80 Å². The molecule has 1 heterocycles. The zero-order valence-corrected chi connectivity index (χ0v) is 10.9. The van der Waals surface area contributed by atoms with Crippen LogP contribution in [0, 0.1) is 0 Å². The molecular weight excluding hydrogens is 242 g/mol. The summed E-state index contributed by atoms with van der Waals surface area (Å²) in [5, 5.41) is 9.01. The van der Waals surface area contributed by atoms with Gasteiger partial charge >= 0.3 is 0 Å². The number of fused-ring (bicyclic) bond motifs is 1. The first kappa shape index (κ1) is 11.4. The number of para-hydroxylation sites is 1. The number of rotatable bonds is 1. The lowest BCUT2D eigenvalue weighted by molar-refractivity contribution is 0.888. The molecule has 0 aliphatic rings. The highest BCUT2D eigenvalue weighted by atomic mass is 35.5. The van der Waals surface area contributed by atoms with Crippen LogP contribution in [-0.4, -0.2) is 10.3 Å². The molecule has 5 heteroatoms. The van der Waals surface area contributed by atoms with E-state index in [-0.39, 0.29) is 0 Å². The van der Waals surface area contributed by atoms with Crippen LogP contribution in [0.4, 0.5) is 0 Å². The van der Waals surface area contributed by atoms with Crippen LogP contribution >= 0.6 is 22.9 Å². The summed E-state index contributed by atoms with van der Waals surface area (Å²) in [6.45, 7) is 3.84.